The Bertz CT molecular complexity index is 1400. The lowest BCUT2D eigenvalue weighted by Gasteiger charge is -2.25. The van der Waals surface area contributed by atoms with Crippen molar-refractivity contribution in [1.29, 1.82) is 0 Å². The molecular formula is C26H25N3O5S. The number of benzene rings is 3. The first-order chi connectivity index (χ1) is 16.8. The number of rotatable bonds is 5. The maximum Gasteiger partial charge on any atom is 0.256 e. The second-order valence-electron chi connectivity index (χ2n) is 8.75. The fraction of sp³-hybridized carbons (Fsp3) is 0.231. The number of methoxy groups -OCH3 is 1. The standard InChI is InChI=1S/C26H25N3O5S/c1-16-3-10-20(11-4-16)35(32,33)28-23-13-14-29-24(23)25(30)27-22-12-7-18(15-21(22)26(29)31)17-5-8-19(34-2)9-6-17/h3-12,15,23-24,28H,13-14H2,1-2H3,(H,27,30)/t23-,24-/m0/s1. The fourth-order valence-electron chi connectivity index (χ4n) is 4.61. The van der Waals surface area contributed by atoms with Gasteiger partial charge in [-0.1, -0.05) is 35.9 Å². The van der Waals surface area contributed by atoms with Crippen molar-refractivity contribution in [3.8, 4) is 16.9 Å². The smallest absolute Gasteiger partial charge is 0.256 e. The van der Waals surface area contributed by atoms with Crippen molar-refractivity contribution >= 4 is 27.5 Å². The Hall–Kier alpha value is -3.69. The second kappa shape index (κ2) is 8.83. The number of hydrogen-bond acceptors (Lipinski definition) is 5. The number of ether oxygens (including phenoxy) is 1. The first kappa shape index (κ1) is 23.1. The van der Waals surface area contributed by atoms with Crippen LogP contribution in [-0.4, -0.2) is 50.9 Å². The van der Waals surface area contributed by atoms with Crippen molar-refractivity contribution in [2.24, 2.45) is 0 Å². The minimum Gasteiger partial charge on any atom is -0.497 e. The highest BCUT2D eigenvalue weighted by Crippen LogP contribution is 2.33. The largest absolute Gasteiger partial charge is 0.497 e. The van der Waals surface area contributed by atoms with Gasteiger partial charge in [-0.2, -0.15) is 0 Å². The molecule has 0 aromatic heterocycles. The highest BCUT2D eigenvalue weighted by atomic mass is 32.2. The summed E-state index contributed by atoms with van der Waals surface area (Å²) in [6.45, 7) is 2.14. The van der Waals surface area contributed by atoms with Gasteiger partial charge in [0.2, 0.25) is 15.9 Å². The molecule has 180 valence electrons. The topological polar surface area (TPSA) is 105 Å². The number of amides is 2. The third kappa shape index (κ3) is 4.28. The third-order valence-electron chi connectivity index (χ3n) is 6.50. The van der Waals surface area contributed by atoms with Gasteiger partial charge in [-0.25, -0.2) is 13.1 Å². The zero-order valence-corrected chi connectivity index (χ0v) is 20.1. The van der Waals surface area contributed by atoms with Crippen LogP contribution in [0.3, 0.4) is 0 Å². The quantitative estimate of drug-likeness (QED) is 0.571. The summed E-state index contributed by atoms with van der Waals surface area (Å²) in [6.07, 6.45) is 0.336. The number of hydrogen-bond donors (Lipinski definition) is 2. The van der Waals surface area contributed by atoms with Crippen molar-refractivity contribution in [2.45, 2.75) is 30.3 Å². The van der Waals surface area contributed by atoms with Crippen LogP contribution >= 0.6 is 0 Å². The van der Waals surface area contributed by atoms with Crippen LogP contribution in [0, 0.1) is 6.92 Å². The van der Waals surface area contributed by atoms with Gasteiger partial charge < -0.3 is 15.0 Å². The van der Waals surface area contributed by atoms with Gasteiger partial charge in [0, 0.05) is 6.54 Å². The zero-order chi connectivity index (χ0) is 24.7. The Labute approximate surface area is 204 Å². The number of carbonyl (C=O) groups excluding carboxylic acids is 2. The van der Waals surface area contributed by atoms with E-state index in [1.54, 1.807) is 31.4 Å². The molecule has 2 heterocycles. The number of carbonyl (C=O) groups is 2. The van der Waals surface area contributed by atoms with Crippen molar-refractivity contribution in [2.75, 3.05) is 19.0 Å². The molecule has 0 unspecified atom stereocenters. The normalized spacial score (nSPS) is 19.5. The molecule has 35 heavy (non-hydrogen) atoms. The van der Waals surface area contributed by atoms with Crippen LogP contribution in [0.15, 0.2) is 71.6 Å². The highest BCUT2D eigenvalue weighted by molar-refractivity contribution is 7.89. The molecule has 0 spiro atoms. The van der Waals surface area contributed by atoms with Crippen LogP contribution in [0.2, 0.25) is 0 Å². The summed E-state index contributed by atoms with van der Waals surface area (Å²) in [7, 11) is -2.26. The molecular weight excluding hydrogens is 466 g/mol. The third-order valence-corrected chi connectivity index (χ3v) is 8.00. The predicted octanol–water partition coefficient (Wildman–Crippen LogP) is 3.18. The summed E-state index contributed by atoms with van der Waals surface area (Å²) < 4.78 is 33.8. The molecule has 1 fully saturated rings. The Balaban J connectivity index is 1.43. The molecule has 2 N–H and O–H groups in total. The minimum absolute atomic E-state index is 0.120. The summed E-state index contributed by atoms with van der Waals surface area (Å²) in [5.74, 6) is 0.00467. The van der Waals surface area contributed by atoms with Gasteiger partial charge in [0.1, 0.15) is 11.8 Å². The molecule has 2 aliphatic rings. The lowest BCUT2D eigenvalue weighted by Crippen LogP contribution is -2.51. The van der Waals surface area contributed by atoms with Crippen LogP contribution < -0.4 is 14.8 Å². The Morgan fingerprint density at radius 1 is 0.971 bits per heavy atom. The zero-order valence-electron chi connectivity index (χ0n) is 19.3. The van der Waals surface area contributed by atoms with E-state index in [1.165, 1.54) is 17.0 Å². The Morgan fingerprint density at radius 3 is 2.34 bits per heavy atom. The maximum absolute atomic E-state index is 13.5. The molecule has 0 bridgehead atoms. The average molecular weight is 492 g/mol. The van der Waals surface area contributed by atoms with Crippen LogP contribution in [0.4, 0.5) is 5.69 Å². The molecule has 2 atom stereocenters. The number of nitrogens with zero attached hydrogens (tertiary/aromatic N) is 1. The molecule has 3 aromatic rings. The molecule has 1 saturated heterocycles. The lowest BCUT2D eigenvalue weighted by atomic mass is 10.0. The van der Waals surface area contributed by atoms with Crippen molar-refractivity contribution in [3.63, 3.8) is 0 Å². The van der Waals surface area contributed by atoms with Gasteiger partial charge in [-0.3, -0.25) is 9.59 Å². The van der Waals surface area contributed by atoms with E-state index in [4.69, 9.17) is 4.74 Å². The fourth-order valence-corrected chi connectivity index (χ4v) is 5.88. The van der Waals surface area contributed by atoms with E-state index < -0.39 is 28.0 Å². The summed E-state index contributed by atoms with van der Waals surface area (Å²) in [5, 5.41) is 2.83. The summed E-state index contributed by atoms with van der Waals surface area (Å²) in [6, 6.07) is 17.6. The number of sulfonamides is 1. The van der Waals surface area contributed by atoms with Gasteiger partial charge in [-0.05, 0) is 60.9 Å². The number of anilines is 1. The summed E-state index contributed by atoms with van der Waals surface area (Å²) in [4.78, 5) is 28.2. The van der Waals surface area contributed by atoms with E-state index in [0.717, 1.165) is 22.4 Å². The Kier molecular flexibility index (Phi) is 5.82. The van der Waals surface area contributed by atoms with Gasteiger partial charge in [0.15, 0.2) is 0 Å². The molecule has 2 amide bonds. The highest BCUT2D eigenvalue weighted by Gasteiger charge is 2.46. The van der Waals surface area contributed by atoms with Crippen LogP contribution in [0.5, 0.6) is 5.75 Å². The van der Waals surface area contributed by atoms with Crippen molar-refractivity contribution in [3.05, 3.63) is 77.9 Å². The van der Waals surface area contributed by atoms with Crippen molar-refractivity contribution in [1.82, 2.24) is 9.62 Å². The molecule has 0 saturated carbocycles. The van der Waals surface area contributed by atoms with E-state index in [1.807, 2.05) is 37.3 Å². The lowest BCUT2D eigenvalue weighted by molar-refractivity contribution is -0.120. The van der Waals surface area contributed by atoms with Crippen LogP contribution in [0.1, 0.15) is 22.3 Å². The number of aryl methyl sites for hydroxylation is 1. The second-order valence-corrected chi connectivity index (χ2v) is 10.5. The first-order valence-corrected chi connectivity index (χ1v) is 12.7. The molecule has 2 aliphatic heterocycles. The Morgan fingerprint density at radius 2 is 1.66 bits per heavy atom. The maximum atomic E-state index is 13.5. The average Bonchev–Trinajstić information content (AvgIpc) is 3.22. The van der Waals surface area contributed by atoms with E-state index >= 15 is 0 Å². The van der Waals surface area contributed by atoms with Crippen LogP contribution in [-0.2, 0) is 14.8 Å². The van der Waals surface area contributed by atoms with Crippen LogP contribution in [0.25, 0.3) is 11.1 Å². The van der Waals surface area contributed by atoms with E-state index in [2.05, 4.69) is 10.0 Å². The predicted molar refractivity (Wildman–Crippen MR) is 132 cm³/mol. The molecule has 5 rings (SSSR count). The molecule has 9 heteroatoms. The molecule has 8 nitrogen and oxygen atoms in total. The molecule has 3 aromatic carbocycles. The van der Waals surface area contributed by atoms with E-state index in [9.17, 15) is 18.0 Å². The first-order valence-electron chi connectivity index (χ1n) is 11.3. The van der Waals surface area contributed by atoms with Crippen molar-refractivity contribution < 1.29 is 22.7 Å². The monoisotopic (exact) mass is 491 g/mol. The van der Waals surface area contributed by atoms with Gasteiger partial charge >= 0.3 is 0 Å². The van der Waals surface area contributed by atoms with Gasteiger partial charge in [0.25, 0.3) is 5.91 Å². The van der Waals surface area contributed by atoms with E-state index in [-0.39, 0.29) is 17.3 Å². The van der Waals surface area contributed by atoms with Gasteiger partial charge in [-0.15, -0.1) is 0 Å². The molecule has 0 radical (unpaired) electrons. The molecule has 0 aliphatic carbocycles. The number of nitrogens with one attached hydrogen (secondary N) is 2. The summed E-state index contributed by atoms with van der Waals surface area (Å²) in [5.41, 5.74) is 3.45. The van der Waals surface area contributed by atoms with Gasteiger partial charge in [0.05, 0.1) is 29.3 Å². The minimum atomic E-state index is -3.86. The summed E-state index contributed by atoms with van der Waals surface area (Å²) >= 11 is 0. The van der Waals surface area contributed by atoms with E-state index in [0.29, 0.717) is 17.7 Å². The number of fused-ring (bicyclic) bond motifs is 2. The SMILES string of the molecule is COc1ccc(-c2ccc3c(c2)C(=O)N2CC[C@H](NS(=O)(=O)c4ccc(C)cc4)[C@H]2C(=O)N3)cc1.